The van der Waals surface area contributed by atoms with E-state index in [2.05, 4.69) is 31.2 Å². The topological polar surface area (TPSA) is 54.9 Å². The molecule has 0 atom stereocenters. The molecular formula is C15H9BrClN3O. The van der Waals surface area contributed by atoms with Crippen LogP contribution in [0, 0.1) is 0 Å². The fourth-order valence-corrected chi connectivity index (χ4v) is 2.47. The van der Waals surface area contributed by atoms with Gasteiger partial charge in [0, 0.05) is 22.3 Å². The molecule has 1 amide bonds. The minimum absolute atomic E-state index is 0.229. The molecule has 0 aliphatic carbocycles. The molecule has 0 radical (unpaired) electrons. The van der Waals surface area contributed by atoms with Crippen LogP contribution in [0.1, 0.15) is 10.5 Å². The molecule has 3 aromatic rings. The number of carbonyl (C=O) groups is 1. The maximum Gasteiger partial charge on any atom is 0.274 e. The summed E-state index contributed by atoms with van der Waals surface area (Å²) in [5.74, 6) is -0.325. The molecule has 0 saturated heterocycles. The number of anilines is 1. The molecule has 0 fully saturated rings. The van der Waals surface area contributed by atoms with Crippen molar-refractivity contribution in [3.8, 4) is 0 Å². The van der Waals surface area contributed by atoms with Gasteiger partial charge in [0.15, 0.2) is 5.15 Å². The van der Waals surface area contributed by atoms with E-state index >= 15 is 0 Å². The van der Waals surface area contributed by atoms with Crippen molar-refractivity contribution < 1.29 is 4.79 Å². The summed E-state index contributed by atoms with van der Waals surface area (Å²) in [5, 5.41) is 4.71. The molecule has 1 N–H and O–H groups in total. The van der Waals surface area contributed by atoms with Crippen molar-refractivity contribution in [3.05, 3.63) is 64.1 Å². The lowest BCUT2D eigenvalue weighted by atomic mass is 10.1. The van der Waals surface area contributed by atoms with Gasteiger partial charge in [-0.3, -0.25) is 9.78 Å². The van der Waals surface area contributed by atoms with E-state index < -0.39 is 0 Å². The van der Waals surface area contributed by atoms with Gasteiger partial charge in [-0.05, 0) is 33.4 Å². The molecule has 0 aliphatic heterocycles. The number of pyridine rings is 2. The second-order valence-corrected chi connectivity index (χ2v) is 5.60. The molecule has 0 saturated carbocycles. The number of nitrogens with zero attached hydrogens (tertiary/aromatic N) is 2. The van der Waals surface area contributed by atoms with Crippen molar-refractivity contribution in [1.29, 1.82) is 0 Å². The van der Waals surface area contributed by atoms with Crippen LogP contribution < -0.4 is 5.32 Å². The Morgan fingerprint density at radius 3 is 2.86 bits per heavy atom. The number of halogens is 2. The summed E-state index contributed by atoms with van der Waals surface area (Å²) in [7, 11) is 0. The second-order valence-electron chi connectivity index (χ2n) is 4.33. The van der Waals surface area contributed by atoms with Crippen molar-refractivity contribution in [3.63, 3.8) is 0 Å². The molecule has 104 valence electrons. The van der Waals surface area contributed by atoms with E-state index in [4.69, 9.17) is 11.6 Å². The molecule has 2 aromatic heterocycles. The number of hydrogen-bond acceptors (Lipinski definition) is 3. The highest BCUT2D eigenvalue weighted by Gasteiger charge is 2.13. The normalized spacial score (nSPS) is 10.6. The van der Waals surface area contributed by atoms with Crippen LogP contribution in [0.3, 0.4) is 0 Å². The molecule has 21 heavy (non-hydrogen) atoms. The van der Waals surface area contributed by atoms with E-state index in [1.807, 2.05) is 30.3 Å². The van der Waals surface area contributed by atoms with E-state index in [9.17, 15) is 4.79 Å². The van der Waals surface area contributed by atoms with Gasteiger partial charge in [-0.25, -0.2) is 4.98 Å². The maximum absolute atomic E-state index is 12.4. The van der Waals surface area contributed by atoms with Crippen LogP contribution in [-0.4, -0.2) is 15.9 Å². The predicted octanol–water partition coefficient (Wildman–Crippen LogP) is 4.30. The van der Waals surface area contributed by atoms with Gasteiger partial charge in [0.25, 0.3) is 5.91 Å². The smallest absolute Gasteiger partial charge is 0.274 e. The Bertz CT molecular complexity index is 833. The van der Waals surface area contributed by atoms with Gasteiger partial charge < -0.3 is 5.32 Å². The van der Waals surface area contributed by atoms with Gasteiger partial charge in [-0.1, -0.05) is 35.9 Å². The van der Waals surface area contributed by atoms with Gasteiger partial charge >= 0.3 is 0 Å². The van der Waals surface area contributed by atoms with E-state index in [0.29, 0.717) is 11.4 Å². The number of hydrogen-bond donors (Lipinski definition) is 1. The fourth-order valence-electron chi connectivity index (χ4n) is 1.99. The molecule has 0 bridgehead atoms. The van der Waals surface area contributed by atoms with Crippen LogP contribution in [-0.2, 0) is 0 Å². The van der Waals surface area contributed by atoms with Gasteiger partial charge in [-0.15, -0.1) is 0 Å². The second kappa shape index (κ2) is 5.79. The van der Waals surface area contributed by atoms with E-state index in [1.165, 1.54) is 0 Å². The monoisotopic (exact) mass is 361 g/mol. The number of fused-ring (bicyclic) bond motifs is 1. The highest BCUT2D eigenvalue weighted by atomic mass is 79.9. The number of aromatic nitrogens is 2. The first-order valence-corrected chi connectivity index (χ1v) is 7.28. The summed E-state index contributed by atoms with van der Waals surface area (Å²) >= 11 is 9.27. The minimum atomic E-state index is -0.325. The number of amides is 1. The standard InChI is InChI=1S/C15H9BrClN3O/c16-10-7-12(14(17)19-8-10)20-15(21)13-11-4-2-1-3-9(11)5-6-18-13/h1-8H,(H,20,21). The first-order valence-electron chi connectivity index (χ1n) is 6.11. The average molecular weight is 363 g/mol. The number of carbonyl (C=O) groups excluding carboxylic acids is 1. The Balaban J connectivity index is 1.99. The number of nitrogens with one attached hydrogen (secondary N) is 1. The number of rotatable bonds is 2. The number of benzene rings is 1. The maximum atomic E-state index is 12.4. The summed E-state index contributed by atoms with van der Waals surface area (Å²) in [6, 6.07) is 11.1. The Hall–Kier alpha value is -1.98. The van der Waals surface area contributed by atoms with Gasteiger partial charge in [0.05, 0.1) is 5.69 Å². The third kappa shape index (κ3) is 2.89. The molecule has 2 heterocycles. The van der Waals surface area contributed by atoms with Crippen LogP contribution in [0.15, 0.2) is 53.3 Å². The van der Waals surface area contributed by atoms with Crippen molar-refractivity contribution in [2.75, 3.05) is 5.32 Å². The highest BCUT2D eigenvalue weighted by molar-refractivity contribution is 9.10. The molecule has 0 spiro atoms. The van der Waals surface area contributed by atoms with E-state index in [1.54, 1.807) is 18.5 Å². The average Bonchev–Trinajstić information content (AvgIpc) is 2.50. The van der Waals surface area contributed by atoms with Crippen molar-refractivity contribution in [1.82, 2.24) is 9.97 Å². The Labute approximate surface area is 134 Å². The van der Waals surface area contributed by atoms with Crippen LogP contribution in [0.25, 0.3) is 10.8 Å². The molecular weight excluding hydrogens is 354 g/mol. The van der Waals surface area contributed by atoms with Crippen LogP contribution >= 0.6 is 27.5 Å². The van der Waals surface area contributed by atoms with Crippen molar-refractivity contribution in [2.45, 2.75) is 0 Å². The zero-order chi connectivity index (χ0) is 14.8. The quantitative estimate of drug-likeness (QED) is 0.692. The van der Waals surface area contributed by atoms with Gasteiger partial charge in [-0.2, -0.15) is 0 Å². The minimum Gasteiger partial charge on any atom is -0.318 e. The summed E-state index contributed by atoms with van der Waals surface area (Å²) < 4.78 is 0.730. The zero-order valence-corrected chi connectivity index (χ0v) is 13.0. The first kappa shape index (κ1) is 14.0. The summed E-state index contributed by atoms with van der Waals surface area (Å²) in [5.41, 5.74) is 0.787. The predicted molar refractivity (Wildman–Crippen MR) is 86.6 cm³/mol. The van der Waals surface area contributed by atoms with Gasteiger partial charge in [0.1, 0.15) is 5.69 Å². The zero-order valence-electron chi connectivity index (χ0n) is 10.7. The largest absolute Gasteiger partial charge is 0.318 e. The molecule has 1 aromatic carbocycles. The van der Waals surface area contributed by atoms with Crippen LogP contribution in [0.4, 0.5) is 5.69 Å². The Morgan fingerprint density at radius 2 is 2.00 bits per heavy atom. The molecule has 3 rings (SSSR count). The summed E-state index contributed by atoms with van der Waals surface area (Å²) in [6.07, 6.45) is 3.17. The van der Waals surface area contributed by atoms with E-state index in [0.717, 1.165) is 15.2 Å². The molecule has 0 aliphatic rings. The Kier molecular flexibility index (Phi) is 3.86. The van der Waals surface area contributed by atoms with Gasteiger partial charge in [0.2, 0.25) is 0 Å². The lowest BCUT2D eigenvalue weighted by Gasteiger charge is -2.08. The summed E-state index contributed by atoms with van der Waals surface area (Å²) in [6.45, 7) is 0. The highest BCUT2D eigenvalue weighted by Crippen LogP contribution is 2.24. The third-order valence-electron chi connectivity index (χ3n) is 2.94. The molecule has 4 nitrogen and oxygen atoms in total. The van der Waals surface area contributed by atoms with Crippen LogP contribution in [0.5, 0.6) is 0 Å². The third-order valence-corrected chi connectivity index (χ3v) is 3.68. The molecule has 6 heteroatoms. The lowest BCUT2D eigenvalue weighted by Crippen LogP contribution is -2.14. The van der Waals surface area contributed by atoms with Crippen LogP contribution in [0.2, 0.25) is 5.15 Å². The Morgan fingerprint density at radius 1 is 1.19 bits per heavy atom. The van der Waals surface area contributed by atoms with Crippen molar-refractivity contribution in [2.24, 2.45) is 0 Å². The fraction of sp³-hybridized carbons (Fsp3) is 0. The SMILES string of the molecule is O=C(Nc1cc(Br)cnc1Cl)c1nccc2ccccc12. The lowest BCUT2D eigenvalue weighted by molar-refractivity contribution is 0.102. The van der Waals surface area contributed by atoms with Crippen molar-refractivity contribution >= 4 is 49.9 Å². The van der Waals surface area contributed by atoms with E-state index in [-0.39, 0.29) is 11.1 Å². The molecule has 0 unspecified atom stereocenters. The summed E-state index contributed by atoms with van der Waals surface area (Å²) in [4.78, 5) is 20.6. The first-order chi connectivity index (χ1) is 10.1.